The molecule has 6 nitrogen and oxygen atoms in total. The van der Waals surface area contributed by atoms with Crippen molar-refractivity contribution < 1.29 is 19.2 Å². The maximum absolute atomic E-state index is 11.1. The summed E-state index contributed by atoms with van der Waals surface area (Å²) in [5.41, 5.74) is 1.43. The van der Waals surface area contributed by atoms with Gasteiger partial charge in [0.25, 0.3) is 0 Å². The molecule has 0 aliphatic carbocycles. The molecule has 0 unspecified atom stereocenters. The molecule has 0 spiro atoms. The Morgan fingerprint density at radius 1 is 1.47 bits per heavy atom. The van der Waals surface area contributed by atoms with Crippen LogP contribution >= 0.6 is 0 Å². The Labute approximate surface area is 110 Å². The molecule has 100 valence electrons. The lowest BCUT2D eigenvalue weighted by Crippen LogP contribution is -2.06. The fourth-order valence-corrected chi connectivity index (χ4v) is 1.67. The number of anilines is 1. The Morgan fingerprint density at radius 3 is 2.84 bits per heavy atom. The molecule has 6 heteroatoms. The summed E-state index contributed by atoms with van der Waals surface area (Å²) in [7, 11) is 1.53. The van der Waals surface area contributed by atoms with Gasteiger partial charge in [0.15, 0.2) is 5.76 Å². The zero-order valence-electron chi connectivity index (χ0n) is 10.6. The topological polar surface area (TPSA) is 84.6 Å². The normalized spacial score (nSPS) is 10.2. The maximum atomic E-state index is 11.1. The number of aromatic carboxylic acids is 1. The van der Waals surface area contributed by atoms with Gasteiger partial charge < -0.3 is 19.7 Å². The average molecular weight is 262 g/mol. The van der Waals surface area contributed by atoms with E-state index in [4.69, 9.17) is 14.4 Å². The van der Waals surface area contributed by atoms with Gasteiger partial charge >= 0.3 is 5.97 Å². The summed E-state index contributed by atoms with van der Waals surface area (Å²) in [6, 6.07) is 6.52. The van der Waals surface area contributed by atoms with Gasteiger partial charge in [-0.15, -0.1) is 0 Å². The molecule has 2 rings (SSSR count). The Hall–Kier alpha value is -2.50. The highest BCUT2D eigenvalue weighted by molar-refractivity contribution is 5.94. The van der Waals surface area contributed by atoms with Crippen LogP contribution in [-0.4, -0.2) is 23.3 Å². The molecule has 1 aromatic heterocycles. The molecular weight excluding hydrogens is 248 g/mol. The molecule has 0 atom stereocenters. The Bertz CT molecular complexity index is 592. The molecular formula is C13H14N2O4. The van der Waals surface area contributed by atoms with Crippen molar-refractivity contribution in [1.82, 2.24) is 5.16 Å². The Morgan fingerprint density at radius 2 is 2.26 bits per heavy atom. The van der Waals surface area contributed by atoms with Gasteiger partial charge in [0, 0.05) is 12.1 Å². The van der Waals surface area contributed by atoms with Crippen LogP contribution in [0.2, 0.25) is 0 Å². The van der Waals surface area contributed by atoms with Crippen LogP contribution in [0.4, 0.5) is 5.69 Å². The predicted octanol–water partition coefficient (Wildman–Crippen LogP) is 2.30. The number of aryl methyl sites for hydroxylation is 1. The molecule has 1 heterocycles. The lowest BCUT2D eigenvalue weighted by molar-refractivity contribution is 0.0698. The van der Waals surface area contributed by atoms with Gasteiger partial charge in [-0.2, -0.15) is 0 Å². The number of carboxylic acids is 1. The molecule has 0 aliphatic heterocycles. The number of aromatic nitrogens is 1. The summed E-state index contributed by atoms with van der Waals surface area (Å²) in [5.74, 6) is 0.219. The van der Waals surface area contributed by atoms with E-state index < -0.39 is 5.97 Å². The third kappa shape index (κ3) is 3.04. The predicted molar refractivity (Wildman–Crippen MR) is 68.5 cm³/mol. The van der Waals surface area contributed by atoms with Gasteiger partial charge in [-0.05, 0) is 19.1 Å². The number of rotatable bonds is 5. The number of nitrogens with one attached hydrogen (secondary N) is 1. The summed E-state index contributed by atoms with van der Waals surface area (Å²) in [5, 5.41) is 15.9. The highest BCUT2D eigenvalue weighted by Crippen LogP contribution is 2.23. The standard InChI is InChI=1S/C13H14N2O4/c1-8-5-10(19-15-8)7-14-12-6-9(18-2)3-4-11(12)13(16)17/h3-6,14H,7H2,1-2H3,(H,16,17). The Balaban J connectivity index is 2.19. The number of carbonyl (C=O) groups is 1. The first kappa shape index (κ1) is 12.9. The van der Waals surface area contributed by atoms with Gasteiger partial charge in [0.2, 0.25) is 0 Å². The van der Waals surface area contributed by atoms with E-state index in [1.54, 1.807) is 18.2 Å². The molecule has 19 heavy (non-hydrogen) atoms. The van der Waals surface area contributed by atoms with Crippen LogP contribution in [0, 0.1) is 6.92 Å². The van der Waals surface area contributed by atoms with E-state index in [1.165, 1.54) is 13.2 Å². The van der Waals surface area contributed by atoms with Crippen molar-refractivity contribution in [3.05, 3.63) is 41.3 Å². The summed E-state index contributed by atoms with van der Waals surface area (Å²) in [6.45, 7) is 2.18. The van der Waals surface area contributed by atoms with E-state index >= 15 is 0 Å². The van der Waals surface area contributed by atoms with Crippen molar-refractivity contribution in [2.24, 2.45) is 0 Å². The second-order valence-electron chi connectivity index (χ2n) is 4.00. The smallest absolute Gasteiger partial charge is 0.337 e. The Kier molecular flexibility index (Phi) is 3.70. The first-order valence-corrected chi connectivity index (χ1v) is 5.67. The van der Waals surface area contributed by atoms with E-state index in [9.17, 15) is 4.79 Å². The first-order valence-electron chi connectivity index (χ1n) is 5.67. The quantitative estimate of drug-likeness (QED) is 0.860. The number of methoxy groups -OCH3 is 1. The number of carboxylic acid groups (broad SMARTS) is 1. The zero-order chi connectivity index (χ0) is 13.8. The van der Waals surface area contributed by atoms with Crippen LogP contribution in [0.1, 0.15) is 21.8 Å². The highest BCUT2D eigenvalue weighted by Gasteiger charge is 2.11. The minimum Gasteiger partial charge on any atom is -0.497 e. The van der Waals surface area contributed by atoms with Gasteiger partial charge in [0.05, 0.1) is 30.6 Å². The minimum absolute atomic E-state index is 0.178. The number of benzene rings is 1. The fourth-order valence-electron chi connectivity index (χ4n) is 1.67. The molecule has 0 bridgehead atoms. The molecule has 0 aliphatic rings. The number of hydrogen-bond donors (Lipinski definition) is 2. The molecule has 2 N–H and O–H groups in total. The summed E-state index contributed by atoms with van der Waals surface area (Å²) < 4.78 is 10.1. The van der Waals surface area contributed by atoms with Crippen molar-refractivity contribution in [3.8, 4) is 5.75 Å². The molecule has 0 saturated carbocycles. The second-order valence-corrected chi connectivity index (χ2v) is 4.00. The van der Waals surface area contributed by atoms with E-state index in [-0.39, 0.29) is 5.56 Å². The van der Waals surface area contributed by atoms with Crippen LogP contribution in [0.25, 0.3) is 0 Å². The van der Waals surface area contributed by atoms with Crippen molar-refractivity contribution in [3.63, 3.8) is 0 Å². The molecule has 0 saturated heterocycles. The van der Waals surface area contributed by atoms with E-state index in [1.807, 2.05) is 6.92 Å². The van der Waals surface area contributed by atoms with E-state index in [2.05, 4.69) is 10.5 Å². The average Bonchev–Trinajstić information content (AvgIpc) is 2.81. The summed E-state index contributed by atoms with van der Waals surface area (Å²) in [6.07, 6.45) is 0. The molecule has 0 fully saturated rings. The monoisotopic (exact) mass is 262 g/mol. The first-order chi connectivity index (χ1) is 9.10. The fraction of sp³-hybridized carbons (Fsp3) is 0.231. The van der Waals surface area contributed by atoms with Crippen molar-refractivity contribution >= 4 is 11.7 Å². The van der Waals surface area contributed by atoms with Crippen LogP contribution in [0.15, 0.2) is 28.8 Å². The van der Waals surface area contributed by atoms with Gasteiger partial charge in [-0.1, -0.05) is 5.16 Å². The van der Waals surface area contributed by atoms with Crippen molar-refractivity contribution in [1.29, 1.82) is 0 Å². The van der Waals surface area contributed by atoms with Gasteiger partial charge in [0.1, 0.15) is 5.75 Å². The summed E-state index contributed by atoms with van der Waals surface area (Å²) in [4.78, 5) is 11.1. The molecule has 2 aromatic rings. The van der Waals surface area contributed by atoms with Gasteiger partial charge in [-0.25, -0.2) is 4.79 Å². The molecule has 0 amide bonds. The zero-order valence-corrected chi connectivity index (χ0v) is 10.6. The number of nitrogens with zero attached hydrogens (tertiary/aromatic N) is 1. The van der Waals surface area contributed by atoms with E-state index in [0.29, 0.717) is 23.7 Å². The van der Waals surface area contributed by atoms with Crippen LogP contribution < -0.4 is 10.1 Å². The van der Waals surface area contributed by atoms with Crippen LogP contribution in [0.3, 0.4) is 0 Å². The molecule has 1 aromatic carbocycles. The van der Waals surface area contributed by atoms with Crippen LogP contribution in [-0.2, 0) is 6.54 Å². The lowest BCUT2D eigenvalue weighted by Gasteiger charge is -2.09. The lowest BCUT2D eigenvalue weighted by atomic mass is 10.1. The largest absolute Gasteiger partial charge is 0.497 e. The van der Waals surface area contributed by atoms with Crippen molar-refractivity contribution in [2.45, 2.75) is 13.5 Å². The van der Waals surface area contributed by atoms with Crippen molar-refractivity contribution in [2.75, 3.05) is 12.4 Å². The summed E-state index contributed by atoms with van der Waals surface area (Å²) >= 11 is 0. The van der Waals surface area contributed by atoms with Crippen LogP contribution in [0.5, 0.6) is 5.75 Å². The SMILES string of the molecule is COc1ccc(C(=O)O)c(NCc2cc(C)no2)c1. The third-order valence-corrected chi connectivity index (χ3v) is 2.59. The maximum Gasteiger partial charge on any atom is 0.337 e. The third-order valence-electron chi connectivity index (χ3n) is 2.59. The minimum atomic E-state index is -1.00. The van der Waals surface area contributed by atoms with Gasteiger partial charge in [-0.3, -0.25) is 0 Å². The number of ether oxygens (including phenoxy) is 1. The number of hydrogen-bond acceptors (Lipinski definition) is 5. The highest BCUT2D eigenvalue weighted by atomic mass is 16.5. The second kappa shape index (κ2) is 5.43. The van der Waals surface area contributed by atoms with E-state index in [0.717, 1.165) is 5.69 Å². The molecule has 0 radical (unpaired) electrons.